The van der Waals surface area contributed by atoms with Crippen LogP contribution in [0.5, 0.6) is 0 Å². The van der Waals surface area contributed by atoms with Crippen molar-refractivity contribution in [3.63, 3.8) is 0 Å². The largest absolute Gasteiger partial charge is 0.383 e. The molecule has 0 fully saturated rings. The predicted molar refractivity (Wildman–Crippen MR) is 76.2 cm³/mol. The third-order valence-corrected chi connectivity index (χ3v) is 2.93. The first kappa shape index (κ1) is 13.6. The third-order valence-electron chi connectivity index (χ3n) is 2.93. The van der Waals surface area contributed by atoms with Gasteiger partial charge >= 0.3 is 0 Å². The molecule has 0 aromatic heterocycles. The number of unbranched alkanes of at least 4 members (excludes halogenated alkanes) is 3. The van der Waals surface area contributed by atoms with Crippen molar-refractivity contribution >= 4 is 5.69 Å². The van der Waals surface area contributed by atoms with Crippen molar-refractivity contribution in [3.05, 3.63) is 29.8 Å². The van der Waals surface area contributed by atoms with E-state index in [1.54, 1.807) is 0 Å². The molecule has 1 nitrogen and oxygen atoms in total. The minimum atomic E-state index is 0.514. The summed E-state index contributed by atoms with van der Waals surface area (Å²) in [5, 5.41) is 3.50. The zero-order valence-electron chi connectivity index (χ0n) is 11.0. The van der Waals surface area contributed by atoms with Gasteiger partial charge < -0.3 is 5.32 Å². The summed E-state index contributed by atoms with van der Waals surface area (Å²) in [6.07, 6.45) is 11.9. The summed E-state index contributed by atoms with van der Waals surface area (Å²) in [6.45, 7) is 4.47. The fraction of sp³-hybridized carbons (Fsp3) is 0.500. The highest BCUT2D eigenvalue weighted by atomic mass is 14.9. The molecule has 1 atom stereocenters. The molecule has 0 radical (unpaired) electrons. The maximum absolute atomic E-state index is 5.39. The second-order valence-electron chi connectivity index (χ2n) is 4.62. The molecule has 1 unspecified atom stereocenters. The Labute approximate surface area is 106 Å². The molecule has 1 N–H and O–H groups in total. The molecule has 1 aromatic carbocycles. The lowest BCUT2D eigenvalue weighted by atomic mass is 10.1. The Morgan fingerprint density at radius 3 is 2.82 bits per heavy atom. The van der Waals surface area contributed by atoms with Crippen molar-refractivity contribution in [2.45, 2.75) is 52.0 Å². The zero-order valence-corrected chi connectivity index (χ0v) is 11.0. The number of hydrogen-bond acceptors (Lipinski definition) is 1. The summed E-state index contributed by atoms with van der Waals surface area (Å²) in [5.41, 5.74) is 2.07. The summed E-state index contributed by atoms with van der Waals surface area (Å²) < 4.78 is 0. The molecule has 1 rings (SSSR count). The van der Waals surface area contributed by atoms with Crippen LogP contribution in [0, 0.1) is 12.3 Å². The average Bonchev–Trinajstić information content (AvgIpc) is 2.35. The molecule has 92 valence electrons. The van der Waals surface area contributed by atoms with Gasteiger partial charge in [0, 0.05) is 17.3 Å². The van der Waals surface area contributed by atoms with Gasteiger partial charge in [0.05, 0.1) is 0 Å². The fourth-order valence-corrected chi connectivity index (χ4v) is 1.93. The molecular weight excluding hydrogens is 206 g/mol. The smallest absolute Gasteiger partial charge is 0.0354 e. The lowest BCUT2D eigenvalue weighted by Crippen LogP contribution is -2.14. The SMILES string of the molecule is C#Cc1cccc(NC(C)CCCCCC)c1. The van der Waals surface area contributed by atoms with E-state index in [2.05, 4.69) is 31.2 Å². The number of hydrogen-bond donors (Lipinski definition) is 1. The number of rotatable bonds is 7. The van der Waals surface area contributed by atoms with Crippen molar-refractivity contribution in [1.29, 1.82) is 0 Å². The van der Waals surface area contributed by atoms with E-state index in [0.29, 0.717) is 6.04 Å². The minimum Gasteiger partial charge on any atom is -0.383 e. The first-order chi connectivity index (χ1) is 8.26. The van der Waals surface area contributed by atoms with Crippen LogP contribution < -0.4 is 5.32 Å². The lowest BCUT2D eigenvalue weighted by molar-refractivity contribution is 0.594. The van der Waals surface area contributed by atoms with Crippen LogP contribution in [0.4, 0.5) is 5.69 Å². The number of terminal acetylenes is 1. The second-order valence-corrected chi connectivity index (χ2v) is 4.62. The number of benzene rings is 1. The lowest BCUT2D eigenvalue weighted by Gasteiger charge is -2.15. The Hall–Kier alpha value is -1.42. The van der Waals surface area contributed by atoms with Crippen molar-refractivity contribution in [1.82, 2.24) is 0 Å². The topological polar surface area (TPSA) is 12.0 Å². The van der Waals surface area contributed by atoms with E-state index in [-0.39, 0.29) is 0 Å². The van der Waals surface area contributed by atoms with E-state index < -0.39 is 0 Å². The van der Waals surface area contributed by atoms with Crippen LogP contribution in [0.1, 0.15) is 51.5 Å². The van der Waals surface area contributed by atoms with Gasteiger partial charge in [0.1, 0.15) is 0 Å². The molecule has 0 aliphatic rings. The quantitative estimate of drug-likeness (QED) is 0.538. The summed E-state index contributed by atoms with van der Waals surface area (Å²) in [7, 11) is 0. The van der Waals surface area contributed by atoms with E-state index in [0.717, 1.165) is 11.3 Å². The second kappa shape index (κ2) is 7.79. The highest BCUT2D eigenvalue weighted by Gasteiger charge is 2.01. The van der Waals surface area contributed by atoms with Crippen molar-refractivity contribution in [2.24, 2.45) is 0 Å². The molecule has 0 bridgehead atoms. The van der Waals surface area contributed by atoms with E-state index in [9.17, 15) is 0 Å². The van der Waals surface area contributed by atoms with Crippen LogP contribution in [0.25, 0.3) is 0 Å². The average molecular weight is 229 g/mol. The Kier molecular flexibility index (Phi) is 6.25. The molecule has 17 heavy (non-hydrogen) atoms. The Balaban J connectivity index is 2.34. The van der Waals surface area contributed by atoms with Crippen LogP contribution in [0.3, 0.4) is 0 Å². The minimum absolute atomic E-state index is 0.514. The number of nitrogens with one attached hydrogen (secondary N) is 1. The Morgan fingerprint density at radius 1 is 1.29 bits per heavy atom. The third kappa shape index (κ3) is 5.45. The fourth-order valence-electron chi connectivity index (χ4n) is 1.93. The first-order valence-corrected chi connectivity index (χ1v) is 6.59. The molecule has 1 aromatic rings. The van der Waals surface area contributed by atoms with Crippen LogP contribution >= 0.6 is 0 Å². The van der Waals surface area contributed by atoms with Gasteiger partial charge in [-0.05, 0) is 31.5 Å². The zero-order chi connectivity index (χ0) is 12.5. The van der Waals surface area contributed by atoms with E-state index in [1.165, 1.54) is 32.1 Å². The summed E-state index contributed by atoms with van der Waals surface area (Å²) in [6, 6.07) is 8.57. The van der Waals surface area contributed by atoms with Crippen LogP contribution in [-0.4, -0.2) is 6.04 Å². The molecule has 0 aliphatic heterocycles. The highest BCUT2D eigenvalue weighted by molar-refractivity contribution is 5.50. The monoisotopic (exact) mass is 229 g/mol. The highest BCUT2D eigenvalue weighted by Crippen LogP contribution is 2.14. The maximum atomic E-state index is 5.39. The van der Waals surface area contributed by atoms with Crippen LogP contribution in [-0.2, 0) is 0 Å². The molecule has 0 spiro atoms. The van der Waals surface area contributed by atoms with Gasteiger partial charge in [0.2, 0.25) is 0 Å². The molecule has 0 amide bonds. The number of anilines is 1. The molecule has 0 aliphatic carbocycles. The molecule has 1 heteroatoms. The molecule has 0 heterocycles. The van der Waals surface area contributed by atoms with Gasteiger partial charge in [-0.3, -0.25) is 0 Å². The maximum Gasteiger partial charge on any atom is 0.0354 e. The van der Waals surface area contributed by atoms with Crippen molar-refractivity contribution in [3.8, 4) is 12.3 Å². The Morgan fingerprint density at radius 2 is 2.12 bits per heavy atom. The van der Waals surface area contributed by atoms with Gasteiger partial charge in [-0.1, -0.05) is 44.6 Å². The van der Waals surface area contributed by atoms with Crippen molar-refractivity contribution in [2.75, 3.05) is 5.32 Å². The van der Waals surface area contributed by atoms with E-state index in [4.69, 9.17) is 6.42 Å². The first-order valence-electron chi connectivity index (χ1n) is 6.59. The van der Waals surface area contributed by atoms with E-state index in [1.807, 2.05) is 18.2 Å². The van der Waals surface area contributed by atoms with Gasteiger partial charge in [-0.25, -0.2) is 0 Å². The summed E-state index contributed by atoms with van der Waals surface area (Å²) >= 11 is 0. The standard InChI is InChI=1S/C16H23N/c1-4-6-7-8-10-14(3)17-16-12-9-11-15(5-2)13-16/h2,9,11-14,17H,4,6-8,10H2,1,3H3. The van der Waals surface area contributed by atoms with Gasteiger partial charge in [-0.2, -0.15) is 0 Å². The summed E-state index contributed by atoms with van der Waals surface area (Å²) in [4.78, 5) is 0. The Bertz CT molecular complexity index is 362. The van der Waals surface area contributed by atoms with E-state index >= 15 is 0 Å². The molecular formula is C16H23N. The van der Waals surface area contributed by atoms with Crippen LogP contribution in [0.15, 0.2) is 24.3 Å². The van der Waals surface area contributed by atoms with Gasteiger partial charge in [0.15, 0.2) is 0 Å². The van der Waals surface area contributed by atoms with Gasteiger partial charge in [0.25, 0.3) is 0 Å². The normalized spacial score (nSPS) is 11.8. The van der Waals surface area contributed by atoms with Crippen molar-refractivity contribution < 1.29 is 0 Å². The molecule has 0 saturated carbocycles. The summed E-state index contributed by atoms with van der Waals surface area (Å²) in [5.74, 6) is 2.66. The van der Waals surface area contributed by atoms with Gasteiger partial charge in [-0.15, -0.1) is 6.42 Å². The molecule has 0 saturated heterocycles. The predicted octanol–water partition coefficient (Wildman–Crippen LogP) is 4.44. The van der Waals surface area contributed by atoms with Crippen LogP contribution in [0.2, 0.25) is 0 Å².